The number of rotatable bonds is 1. The first kappa shape index (κ1) is 12.1. The van der Waals surface area contributed by atoms with Crippen LogP contribution in [-0.4, -0.2) is 17.7 Å². The fourth-order valence-electron chi connectivity index (χ4n) is 1.44. The molecular formula is C12H20O3. The topological polar surface area (TPSA) is 35.5 Å². The second kappa shape index (κ2) is 4.25. The number of hydrogen-bond donors (Lipinski definition) is 0. The lowest BCUT2D eigenvalue weighted by molar-refractivity contribution is -0.150. The summed E-state index contributed by atoms with van der Waals surface area (Å²) in [5.74, 6) is 0.517. The molecule has 1 aliphatic heterocycles. The van der Waals surface area contributed by atoms with Crippen LogP contribution in [0.15, 0.2) is 11.3 Å². The summed E-state index contributed by atoms with van der Waals surface area (Å²) in [7, 11) is 0. The SMILES string of the molecule is C/C(C(=O)OC(C)(C)C)=C1\CCC(C)O1. The highest BCUT2D eigenvalue weighted by Crippen LogP contribution is 2.26. The molecular weight excluding hydrogens is 192 g/mol. The van der Waals surface area contributed by atoms with Gasteiger partial charge in [-0.3, -0.25) is 0 Å². The van der Waals surface area contributed by atoms with Gasteiger partial charge in [-0.1, -0.05) is 0 Å². The minimum atomic E-state index is -0.441. The Labute approximate surface area is 91.4 Å². The van der Waals surface area contributed by atoms with Gasteiger partial charge in [0.2, 0.25) is 0 Å². The molecule has 1 heterocycles. The average molecular weight is 212 g/mol. The molecule has 1 rings (SSSR count). The summed E-state index contributed by atoms with van der Waals surface area (Å²) in [5, 5.41) is 0. The first-order chi connectivity index (χ1) is 6.79. The summed E-state index contributed by atoms with van der Waals surface area (Å²) >= 11 is 0. The Bertz CT molecular complexity index is 284. The molecule has 0 aromatic rings. The zero-order chi connectivity index (χ0) is 11.6. The van der Waals surface area contributed by atoms with Gasteiger partial charge in [0.25, 0.3) is 0 Å². The van der Waals surface area contributed by atoms with Gasteiger partial charge in [0.15, 0.2) is 0 Å². The van der Waals surface area contributed by atoms with Crippen molar-refractivity contribution >= 4 is 5.97 Å². The monoisotopic (exact) mass is 212 g/mol. The molecule has 86 valence electrons. The highest BCUT2D eigenvalue weighted by atomic mass is 16.6. The summed E-state index contributed by atoms with van der Waals surface area (Å²) in [6.45, 7) is 9.36. The van der Waals surface area contributed by atoms with Crippen molar-refractivity contribution in [2.45, 2.75) is 59.2 Å². The number of carbonyl (C=O) groups is 1. The molecule has 0 aromatic heterocycles. The van der Waals surface area contributed by atoms with Crippen LogP contribution in [-0.2, 0) is 14.3 Å². The van der Waals surface area contributed by atoms with Crippen molar-refractivity contribution in [1.82, 2.24) is 0 Å². The zero-order valence-electron chi connectivity index (χ0n) is 10.2. The number of hydrogen-bond acceptors (Lipinski definition) is 3. The number of ether oxygens (including phenoxy) is 2. The predicted molar refractivity (Wildman–Crippen MR) is 58.3 cm³/mol. The van der Waals surface area contributed by atoms with Gasteiger partial charge in [-0.25, -0.2) is 4.79 Å². The fraction of sp³-hybridized carbons (Fsp3) is 0.750. The number of allylic oxidation sites excluding steroid dienone is 1. The van der Waals surface area contributed by atoms with Gasteiger partial charge < -0.3 is 9.47 Å². The van der Waals surface area contributed by atoms with Crippen molar-refractivity contribution in [3.8, 4) is 0 Å². The molecule has 0 aliphatic carbocycles. The lowest BCUT2D eigenvalue weighted by Crippen LogP contribution is -2.24. The molecule has 3 heteroatoms. The van der Waals surface area contributed by atoms with Gasteiger partial charge in [0.05, 0.1) is 11.7 Å². The Hall–Kier alpha value is -0.990. The van der Waals surface area contributed by atoms with Crippen LogP contribution in [0.4, 0.5) is 0 Å². The molecule has 3 nitrogen and oxygen atoms in total. The van der Waals surface area contributed by atoms with Crippen LogP contribution in [0.5, 0.6) is 0 Å². The van der Waals surface area contributed by atoms with Gasteiger partial charge in [0, 0.05) is 6.42 Å². The van der Waals surface area contributed by atoms with Crippen LogP contribution < -0.4 is 0 Å². The maximum atomic E-state index is 11.7. The molecule has 0 radical (unpaired) electrons. The lowest BCUT2D eigenvalue weighted by Gasteiger charge is -2.20. The molecule has 0 spiro atoms. The van der Waals surface area contributed by atoms with E-state index in [0.29, 0.717) is 5.57 Å². The second-order valence-electron chi connectivity index (χ2n) is 5.02. The minimum Gasteiger partial charge on any atom is -0.495 e. The van der Waals surface area contributed by atoms with Crippen LogP contribution in [0.2, 0.25) is 0 Å². The smallest absolute Gasteiger partial charge is 0.337 e. The number of carbonyl (C=O) groups excluding carboxylic acids is 1. The summed E-state index contributed by atoms with van der Waals surface area (Å²) in [4.78, 5) is 11.7. The number of esters is 1. The van der Waals surface area contributed by atoms with Crippen LogP contribution in [0.3, 0.4) is 0 Å². The van der Waals surface area contributed by atoms with E-state index in [2.05, 4.69) is 0 Å². The van der Waals surface area contributed by atoms with E-state index in [1.807, 2.05) is 27.7 Å². The standard InChI is InChI=1S/C12H20O3/c1-8-6-7-10(14-8)9(2)11(13)15-12(3,4)5/h8H,6-7H2,1-5H3/b10-9-. The summed E-state index contributed by atoms with van der Waals surface area (Å²) in [6, 6.07) is 0. The van der Waals surface area contributed by atoms with Gasteiger partial charge in [-0.15, -0.1) is 0 Å². The highest BCUT2D eigenvalue weighted by molar-refractivity contribution is 5.88. The highest BCUT2D eigenvalue weighted by Gasteiger charge is 2.24. The predicted octanol–water partition coefficient (Wildman–Crippen LogP) is 2.80. The molecule has 1 aliphatic rings. The summed E-state index contributed by atoms with van der Waals surface area (Å²) in [6.07, 6.45) is 2.04. The molecule has 15 heavy (non-hydrogen) atoms. The van der Waals surface area contributed by atoms with E-state index in [9.17, 15) is 4.79 Å². The molecule has 1 fully saturated rings. The van der Waals surface area contributed by atoms with Gasteiger partial charge in [0.1, 0.15) is 11.4 Å². The second-order valence-corrected chi connectivity index (χ2v) is 5.02. The third-order valence-corrected chi connectivity index (χ3v) is 2.24. The molecule has 1 atom stereocenters. The zero-order valence-corrected chi connectivity index (χ0v) is 10.2. The summed E-state index contributed by atoms with van der Waals surface area (Å²) < 4.78 is 10.8. The van der Waals surface area contributed by atoms with Crippen molar-refractivity contribution in [3.63, 3.8) is 0 Å². The third-order valence-electron chi connectivity index (χ3n) is 2.24. The molecule has 0 saturated carbocycles. The Balaban J connectivity index is 2.68. The van der Waals surface area contributed by atoms with Crippen LogP contribution in [0.1, 0.15) is 47.5 Å². The molecule has 0 N–H and O–H groups in total. The molecule has 0 amide bonds. The Morgan fingerprint density at radius 2 is 2.07 bits per heavy atom. The summed E-state index contributed by atoms with van der Waals surface area (Å²) in [5.41, 5.74) is 0.164. The van der Waals surface area contributed by atoms with E-state index in [1.54, 1.807) is 6.92 Å². The maximum Gasteiger partial charge on any atom is 0.337 e. The fourth-order valence-corrected chi connectivity index (χ4v) is 1.44. The molecule has 0 bridgehead atoms. The normalized spacial score (nSPS) is 24.7. The van der Waals surface area contributed by atoms with E-state index >= 15 is 0 Å². The van der Waals surface area contributed by atoms with Crippen LogP contribution >= 0.6 is 0 Å². The van der Waals surface area contributed by atoms with Gasteiger partial charge >= 0.3 is 5.97 Å². The maximum absolute atomic E-state index is 11.7. The first-order valence-corrected chi connectivity index (χ1v) is 5.39. The Kier molecular flexibility index (Phi) is 3.42. The molecule has 1 saturated heterocycles. The van der Waals surface area contributed by atoms with E-state index < -0.39 is 5.60 Å². The minimum absolute atomic E-state index is 0.220. The lowest BCUT2D eigenvalue weighted by atomic mass is 10.1. The van der Waals surface area contributed by atoms with E-state index in [0.717, 1.165) is 18.6 Å². The Morgan fingerprint density at radius 3 is 2.47 bits per heavy atom. The van der Waals surface area contributed by atoms with Crippen molar-refractivity contribution in [1.29, 1.82) is 0 Å². The van der Waals surface area contributed by atoms with Crippen LogP contribution in [0, 0.1) is 0 Å². The molecule has 0 aromatic carbocycles. The van der Waals surface area contributed by atoms with Crippen molar-refractivity contribution in [3.05, 3.63) is 11.3 Å². The van der Waals surface area contributed by atoms with Crippen molar-refractivity contribution in [2.75, 3.05) is 0 Å². The molecule has 1 unspecified atom stereocenters. The largest absolute Gasteiger partial charge is 0.495 e. The van der Waals surface area contributed by atoms with Crippen LogP contribution in [0.25, 0.3) is 0 Å². The average Bonchev–Trinajstić information content (AvgIpc) is 2.47. The van der Waals surface area contributed by atoms with E-state index in [1.165, 1.54) is 0 Å². The Morgan fingerprint density at radius 1 is 1.47 bits per heavy atom. The van der Waals surface area contributed by atoms with E-state index in [-0.39, 0.29) is 12.1 Å². The van der Waals surface area contributed by atoms with Crippen molar-refractivity contribution < 1.29 is 14.3 Å². The van der Waals surface area contributed by atoms with Crippen molar-refractivity contribution in [2.24, 2.45) is 0 Å². The van der Waals surface area contributed by atoms with Gasteiger partial charge in [-0.2, -0.15) is 0 Å². The van der Waals surface area contributed by atoms with E-state index in [4.69, 9.17) is 9.47 Å². The van der Waals surface area contributed by atoms with Gasteiger partial charge in [-0.05, 0) is 41.0 Å². The quantitative estimate of drug-likeness (QED) is 0.495. The first-order valence-electron chi connectivity index (χ1n) is 5.39. The third kappa shape index (κ3) is 3.57.